The minimum Gasteiger partial charge on any atom is -0.486 e. The zero-order chi connectivity index (χ0) is 15.0. The molecule has 1 aliphatic rings. The molecule has 2 aromatic carbocycles. The van der Waals surface area contributed by atoms with Crippen molar-refractivity contribution in [3.63, 3.8) is 0 Å². The molecule has 0 N–H and O–H groups in total. The number of alkyl halides is 1. The molecule has 0 fully saturated rings. The van der Waals surface area contributed by atoms with Gasteiger partial charge in [-0.2, -0.15) is 0 Å². The Labute approximate surface area is 143 Å². The van der Waals surface area contributed by atoms with Crippen molar-refractivity contribution in [2.24, 2.45) is 0 Å². The van der Waals surface area contributed by atoms with Gasteiger partial charge in [-0.3, -0.25) is 0 Å². The largest absolute Gasteiger partial charge is 0.486 e. The summed E-state index contributed by atoms with van der Waals surface area (Å²) in [5, 5.41) is 0.539. The molecule has 0 saturated heterocycles. The molecule has 0 bridgehead atoms. The number of benzene rings is 2. The van der Waals surface area contributed by atoms with Gasteiger partial charge in [0.2, 0.25) is 0 Å². The smallest absolute Gasteiger partial charge is 0.162 e. The van der Waals surface area contributed by atoms with Crippen molar-refractivity contribution in [1.82, 2.24) is 0 Å². The van der Waals surface area contributed by atoms with Crippen LogP contribution < -0.4 is 9.47 Å². The van der Waals surface area contributed by atoms with Crippen molar-refractivity contribution in [2.45, 2.75) is 4.83 Å². The molecule has 110 valence electrons. The molecule has 2 aromatic rings. The second kappa shape index (κ2) is 6.15. The van der Waals surface area contributed by atoms with Gasteiger partial charge in [-0.15, -0.1) is 0 Å². The fourth-order valence-electron chi connectivity index (χ4n) is 2.15. The topological polar surface area (TPSA) is 18.5 Å². The van der Waals surface area contributed by atoms with Crippen LogP contribution in [0.4, 0.5) is 4.39 Å². The van der Waals surface area contributed by atoms with E-state index in [1.54, 1.807) is 12.1 Å². The summed E-state index contributed by atoms with van der Waals surface area (Å²) >= 11 is 13.3. The SMILES string of the molecule is Fc1ccc(Br)c(C(Br)c2cc3c(cc2Cl)OCCO3)c1. The molecular formula is C15H10Br2ClFO2. The highest BCUT2D eigenvalue weighted by molar-refractivity contribution is 9.11. The molecule has 0 aromatic heterocycles. The summed E-state index contributed by atoms with van der Waals surface area (Å²) in [5.41, 5.74) is 1.56. The Kier molecular flexibility index (Phi) is 4.43. The highest BCUT2D eigenvalue weighted by atomic mass is 79.9. The fourth-order valence-corrected chi connectivity index (χ4v) is 4.09. The number of halogens is 4. The minimum absolute atomic E-state index is 0.258. The second-order valence-corrected chi connectivity index (χ2v) is 6.72. The first-order valence-corrected chi connectivity index (χ1v) is 8.33. The van der Waals surface area contributed by atoms with Gasteiger partial charge in [0.05, 0.1) is 4.83 Å². The molecule has 3 rings (SSSR count). The Morgan fingerprint density at radius 2 is 1.71 bits per heavy atom. The average Bonchev–Trinajstić information content (AvgIpc) is 2.48. The summed E-state index contributed by atoms with van der Waals surface area (Å²) in [6.45, 7) is 1.01. The van der Waals surface area contributed by atoms with Crippen LogP contribution in [-0.2, 0) is 0 Å². The van der Waals surface area contributed by atoms with Gasteiger partial charge in [0, 0.05) is 15.6 Å². The van der Waals surface area contributed by atoms with E-state index in [-0.39, 0.29) is 10.6 Å². The molecule has 1 atom stereocenters. The van der Waals surface area contributed by atoms with E-state index in [1.807, 2.05) is 6.07 Å². The van der Waals surface area contributed by atoms with Crippen LogP contribution >= 0.6 is 43.5 Å². The van der Waals surface area contributed by atoms with Gasteiger partial charge in [-0.1, -0.05) is 43.5 Å². The number of fused-ring (bicyclic) bond motifs is 1. The van der Waals surface area contributed by atoms with E-state index < -0.39 is 0 Å². The molecule has 0 amide bonds. The first-order valence-electron chi connectivity index (χ1n) is 6.24. The Hall–Kier alpha value is -0.780. The molecule has 0 saturated carbocycles. The third-order valence-electron chi connectivity index (χ3n) is 3.17. The molecule has 0 spiro atoms. The lowest BCUT2D eigenvalue weighted by molar-refractivity contribution is 0.171. The summed E-state index contributed by atoms with van der Waals surface area (Å²) in [6.07, 6.45) is 0. The Bertz CT molecular complexity index is 694. The second-order valence-electron chi connectivity index (χ2n) is 4.55. The first-order chi connectivity index (χ1) is 10.1. The summed E-state index contributed by atoms with van der Waals surface area (Å²) < 4.78 is 25.3. The van der Waals surface area contributed by atoms with Crippen molar-refractivity contribution in [3.8, 4) is 11.5 Å². The van der Waals surface area contributed by atoms with Crippen molar-refractivity contribution in [3.05, 3.63) is 56.8 Å². The minimum atomic E-state index is -0.300. The molecule has 1 aliphatic heterocycles. The lowest BCUT2D eigenvalue weighted by Crippen LogP contribution is -2.15. The van der Waals surface area contributed by atoms with Gasteiger partial charge in [-0.25, -0.2) is 4.39 Å². The normalized spacial score (nSPS) is 14.9. The van der Waals surface area contributed by atoms with Crippen LogP contribution in [0.15, 0.2) is 34.8 Å². The zero-order valence-electron chi connectivity index (χ0n) is 10.7. The van der Waals surface area contributed by atoms with E-state index in [0.717, 1.165) is 15.6 Å². The average molecular weight is 437 g/mol. The van der Waals surface area contributed by atoms with Gasteiger partial charge in [0.25, 0.3) is 0 Å². The predicted octanol–water partition coefficient (Wildman–Crippen LogP) is 5.50. The maximum absolute atomic E-state index is 13.5. The molecule has 0 aliphatic carbocycles. The number of hydrogen-bond acceptors (Lipinski definition) is 2. The molecule has 21 heavy (non-hydrogen) atoms. The van der Waals surface area contributed by atoms with E-state index in [1.165, 1.54) is 12.1 Å². The number of rotatable bonds is 2. The number of hydrogen-bond donors (Lipinski definition) is 0. The van der Waals surface area contributed by atoms with Gasteiger partial charge < -0.3 is 9.47 Å². The van der Waals surface area contributed by atoms with Crippen LogP contribution in [-0.4, -0.2) is 13.2 Å². The lowest BCUT2D eigenvalue weighted by atomic mass is 10.0. The quantitative estimate of drug-likeness (QED) is 0.579. The van der Waals surface area contributed by atoms with Crippen molar-refractivity contribution >= 4 is 43.5 Å². The standard InChI is InChI=1S/C15H10Br2ClFO2/c16-11-2-1-8(19)5-9(11)15(17)10-6-13-14(7-12(10)18)21-4-3-20-13/h1-2,5-7,15H,3-4H2. The summed E-state index contributed by atoms with van der Waals surface area (Å²) in [4.78, 5) is -0.258. The lowest BCUT2D eigenvalue weighted by Gasteiger charge is -2.22. The maximum Gasteiger partial charge on any atom is 0.162 e. The fraction of sp³-hybridized carbons (Fsp3) is 0.200. The first kappa shape index (κ1) is 15.1. The van der Waals surface area contributed by atoms with Crippen LogP contribution in [0.1, 0.15) is 16.0 Å². The van der Waals surface area contributed by atoms with E-state index >= 15 is 0 Å². The molecule has 2 nitrogen and oxygen atoms in total. The third kappa shape index (κ3) is 3.05. The monoisotopic (exact) mass is 434 g/mol. The Balaban J connectivity index is 2.05. The number of ether oxygens (including phenoxy) is 2. The summed E-state index contributed by atoms with van der Waals surface area (Å²) in [5.74, 6) is 0.983. The molecule has 0 radical (unpaired) electrons. The Morgan fingerprint density at radius 1 is 1.05 bits per heavy atom. The van der Waals surface area contributed by atoms with Gasteiger partial charge >= 0.3 is 0 Å². The molecule has 1 unspecified atom stereocenters. The van der Waals surface area contributed by atoms with Gasteiger partial charge in [-0.05, 0) is 35.4 Å². The third-order valence-corrected chi connectivity index (χ3v) is 5.20. The molecule has 1 heterocycles. The predicted molar refractivity (Wildman–Crippen MR) is 87.3 cm³/mol. The van der Waals surface area contributed by atoms with Gasteiger partial charge in [0.1, 0.15) is 19.0 Å². The van der Waals surface area contributed by atoms with Gasteiger partial charge in [0.15, 0.2) is 11.5 Å². The summed E-state index contributed by atoms with van der Waals surface area (Å²) in [6, 6.07) is 8.10. The van der Waals surface area contributed by atoms with Crippen molar-refractivity contribution < 1.29 is 13.9 Å². The van der Waals surface area contributed by atoms with E-state index in [9.17, 15) is 4.39 Å². The molecule has 6 heteroatoms. The van der Waals surface area contributed by atoms with Crippen LogP contribution in [0.5, 0.6) is 11.5 Å². The van der Waals surface area contributed by atoms with Crippen LogP contribution in [0.2, 0.25) is 5.02 Å². The highest BCUT2D eigenvalue weighted by Crippen LogP contribution is 2.44. The highest BCUT2D eigenvalue weighted by Gasteiger charge is 2.22. The Morgan fingerprint density at radius 3 is 2.43 bits per heavy atom. The maximum atomic E-state index is 13.5. The van der Waals surface area contributed by atoms with Crippen molar-refractivity contribution in [2.75, 3.05) is 13.2 Å². The van der Waals surface area contributed by atoms with Crippen LogP contribution in [0.3, 0.4) is 0 Å². The zero-order valence-corrected chi connectivity index (χ0v) is 14.6. The molecular weight excluding hydrogens is 426 g/mol. The van der Waals surface area contributed by atoms with E-state index in [4.69, 9.17) is 21.1 Å². The van der Waals surface area contributed by atoms with E-state index in [0.29, 0.717) is 29.7 Å². The van der Waals surface area contributed by atoms with Crippen LogP contribution in [0.25, 0.3) is 0 Å². The van der Waals surface area contributed by atoms with Crippen molar-refractivity contribution in [1.29, 1.82) is 0 Å². The summed E-state index contributed by atoms with van der Waals surface area (Å²) in [7, 11) is 0. The van der Waals surface area contributed by atoms with E-state index in [2.05, 4.69) is 31.9 Å². The van der Waals surface area contributed by atoms with Crippen LogP contribution in [0, 0.1) is 5.82 Å².